The van der Waals surface area contributed by atoms with Crippen molar-refractivity contribution in [2.24, 2.45) is 11.8 Å². The zero-order valence-electron chi connectivity index (χ0n) is 11.8. The predicted molar refractivity (Wildman–Crippen MR) is 77.5 cm³/mol. The summed E-state index contributed by atoms with van der Waals surface area (Å²) >= 11 is 0. The lowest BCUT2D eigenvalue weighted by Crippen LogP contribution is -2.41. The first-order valence-corrected chi connectivity index (χ1v) is 7.24. The molecule has 4 nitrogen and oxygen atoms in total. The largest absolute Gasteiger partial charge is 0.481 e. The second-order valence-corrected chi connectivity index (χ2v) is 5.42. The van der Waals surface area contributed by atoms with Crippen LogP contribution in [0.5, 0.6) is 0 Å². The summed E-state index contributed by atoms with van der Waals surface area (Å²) in [6.45, 7) is 2.16. The third-order valence-corrected chi connectivity index (χ3v) is 3.97. The van der Waals surface area contributed by atoms with Crippen molar-refractivity contribution in [2.75, 3.05) is 5.32 Å². The molecule has 0 spiro atoms. The van der Waals surface area contributed by atoms with Crippen LogP contribution in [0.1, 0.15) is 38.2 Å². The lowest BCUT2D eigenvalue weighted by Gasteiger charge is -2.31. The van der Waals surface area contributed by atoms with Gasteiger partial charge in [0, 0.05) is 5.69 Å². The van der Waals surface area contributed by atoms with Crippen LogP contribution in [0, 0.1) is 11.8 Å². The number of aryl methyl sites for hydroxylation is 1. The van der Waals surface area contributed by atoms with Gasteiger partial charge < -0.3 is 10.4 Å². The topological polar surface area (TPSA) is 66.4 Å². The van der Waals surface area contributed by atoms with Crippen LogP contribution >= 0.6 is 0 Å². The Morgan fingerprint density at radius 1 is 1.20 bits per heavy atom. The van der Waals surface area contributed by atoms with Crippen molar-refractivity contribution in [3.05, 3.63) is 29.8 Å². The third-order valence-electron chi connectivity index (χ3n) is 3.97. The van der Waals surface area contributed by atoms with Gasteiger partial charge >= 0.3 is 5.97 Å². The lowest BCUT2D eigenvalue weighted by molar-refractivity contribution is -0.151. The van der Waals surface area contributed by atoms with Crippen LogP contribution in [0.2, 0.25) is 0 Å². The zero-order chi connectivity index (χ0) is 14.5. The highest BCUT2D eigenvalue weighted by Crippen LogP contribution is 2.35. The molecule has 1 aromatic rings. The van der Waals surface area contributed by atoms with E-state index in [1.807, 2.05) is 24.3 Å². The van der Waals surface area contributed by atoms with Crippen molar-refractivity contribution in [1.82, 2.24) is 0 Å². The van der Waals surface area contributed by atoms with Gasteiger partial charge in [0.15, 0.2) is 0 Å². The second kappa shape index (κ2) is 6.55. The number of carbonyl (C=O) groups excluding carboxylic acids is 1. The summed E-state index contributed by atoms with van der Waals surface area (Å²) in [5.41, 5.74) is 2.00. The van der Waals surface area contributed by atoms with E-state index in [9.17, 15) is 9.59 Å². The smallest absolute Gasteiger partial charge is 0.307 e. The number of carbonyl (C=O) groups is 2. The maximum atomic E-state index is 12.0. The molecule has 1 aliphatic rings. The van der Waals surface area contributed by atoms with E-state index in [1.165, 1.54) is 5.56 Å². The lowest BCUT2D eigenvalue weighted by atomic mass is 9.73. The highest BCUT2D eigenvalue weighted by atomic mass is 16.4. The minimum absolute atomic E-state index is 0.176. The van der Waals surface area contributed by atoms with Crippen LogP contribution in [0.25, 0.3) is 0 Å². The molecule has 2 atom stereocenters. The van der Waals surface area contributed by atoms with Gasteiger partial charge in [0.25, 0.3) is 0 Å². The molecule has 0 aliphatic heterocycles. The molecule has 2 unspecified atom stereocenters. The SMILES string of the molecule is CCCCc1ccc(NC(=O)C2CCC2C(=O)O)cc1. The van der Waals surface area contributed by atoms with Gasteiger partial charge in [0.2, 0.25) is 5.91 Å². The number of anilines is 1. The van der Waals surface area contributed by atoms with Gasteiger partial charge in [0.1, 0.15) is 0 Å². The number of carboxylic acids is 1. The number of hydrogen-bond donors (Lipinski definition) is 2. The Morgan fingerprint density at radius 2 is 1.85 bits per heavy atom. The molecule has 1 amide bonds. The number of nitrogens with one attached hydrogen (secondary N) is 1. The summed E-state index contributed by atoms with van der Waals surface area (Å²) in [6.07, 6.45) is 4.64. The number of hydrogen-bond acceptors (Lipinski definition) is 2. The number of benzene rings is 1. The van der Waals surface area contributed by atoms with Crippen molar-refractivity contribution in [3.8, 4) is 0 Å². The van der Waals surface area contributed by atoms with E-state index in [4.69, 9.17) is 5.11 Å². The highest BCUT2D eigenvalue weighted by molar-refractivity contribution is 5.96. The number of rotatable bonds is 6. The highest BCUT2D eigenvalue weighted by Gasteiger charge is 2.41. The molecule has 1 fully saturated rings. The van der Waals surface area contributed by atoms with Crippen LogP contribution in [-0.4, -0.2) is 17.0 Å². The molecule has 0 radical (unpaired) electrons. The minimum atomic E-state index is -0.869. The molecule has 0 aromatic heterocycles. The quantitative estimate of drug-likeness (QED) is 0.838. The molecule has 4 heteroatoms. The molecule has 1 saturated carbocycles. The monoisotopic (exact) mass is 275 g/mol. The Labute approximate surface area is 119 Å². The molecule has 1 aromatic carbocycles. The average molecular weight is 275 g/mol. The van der Waals surface area contributed by atoms with E-state index < -0.39 is 11.9 Å². The fourth-order valence-corrected chi connectivity index (χ4v) is 2.48. The Kier molecular flexibility index (Phi) is 4.77. The minimum Gasteiger partial charge on any atom is -0.481 e. The molecule has 108 valence electrons. The van der Waals surface area contributed by atoms with Gasteiger partial charge in [-0.25, -0.2) is 0 Å². The average Bonchev–Trinajstić information content (AvgIpc) is 2.35. The normalized spacial score (nSPS) is 21.1. The van der Waals surface area contributed by atoms with E-state index in [0.717, 1.165) is 24.9 Å². The zero-order valence-corrected chi connectivity index (χ0v) is 11.8. The molecule has 0 saturated heterocycles. The van der Waals surface area contributed by atoms with Gasteiger partial charge in [-0.15, -0.1) is 0 Å². The molecular formula is C16H21NO3. The van der Waals surface area contributed by atoms with Crippen molar-refractivity contribution in [2.45, 2.75) is 39.0 Å². The number of unbranched alkanes of at least 4 members (excludes halogenated alkanes) is 1. The van der Waals surface area contributed by atoms with Crippen LogP contribution in [-0.2, 0) is 16.0 Å². The van der Waals surface area contributed by atoms with Crippen LogP contribution < -0.4 is 5.32 Å². The van der Waals surface area contributed by atoms with Gasteiger partial charge in [-0.3, -0.25) is 9.59 Å². The summed E-state index contributed by atoms with van der Waals surface area (Å²) in [5.74, 6) is -1.94. The van der Waals surface area contributed by atoms with Crippen LogP contribution in [0.4, 0.5) is 5.69 Å². The van der Waals surface area contributed by atoms with Crippen molar-refractivity contribution < 1.29 is 14.7 Å². The van der Waals surface area contributed by atoms with Gasteiger partial charge in [-0.2, -0.15) is 0 Å². The molecule has 1 aliphatic carbocycles. The second-order valence-electron chi connectivity index (χ2n) is 5.42. The van der Waals surface area contributed by atoms with Crippen molar-refractivity contribution >= 4 is 17.6 Å². The van der Waals surface area contributed by atoms with E-state index in [-0.39, 0.29) is 11.8 Å². The summed E-state index contributed by atoms with van der Waals surface area (Å²) in [5, 5.41) is 11.8. The molecule has 20 heavy (non-hydrogen) atoms. The first-order chi connectivity index (χ1) is 9.61. The Morgan fingerprint density at radius 3 is 2.35 bits per heavy atom. The van der Waals surface area contributed by atoms with E-state index >= 15 is 0 Å². The fraction of sp³-hybridized carbons (Fsp3) is 0.500. The molecule has 0 heterocycles. The van der Waals surface area contributed by atoms with E-state index in [0.29, 0.717) is 12.8 Å². The van der Waals surface area contributed by atoms with Gasteiger partial charge in [-0.1, -0.05) is 25.5 Å². The summed E-state index contributed by atoms with van der Waals surface area (Å²) in [6, 6.07) is 7.80. The van der Waals surface area contributed by atoms with Gasteiger partial charge in [-0.05, 0) is 43.4 Å². The van der Waals surface area contributed by atoms with Crippen LogP contribution in [0.3, 0.4) is 0 Å². The van der Waals surface area contributed by atoms with Gasteiger partial charge in [0.05, 0.1) is 11.8 Å². The predicted octanol–water partition coefficient (Wildman–Crippen LogP) is 3.08. The molecular weight excluding hydrogens is 254 g/mol. The summed E-state index contributed by atoms with van der Waals surface area (Å²) in [4.78, 5) is 22.9. The van der Waals surface area contributed by atoms with Crippen molar-refractivity contribution in [3.63, 3.8) is 0 Å². The maximum Gasteiger partial charge on any atom is 0.307 e. The summed E-state index contributed by atoms with van der Waals surface area (Å²) in [7, 11) is 0. The molecule has 0 bridgehead atoms. The Bertz CT molecular complexity index is 481. The Balaban J connectivity index is 1.90. The van der Waals surface area contributed by atoms with Crippen LogP contribution in [0.15, 0.2) is 24.3 Å². The standard InChI is InChI=1S/C16H21NO3/c1-2-3-4-11-5-7-12(8-6-11)17-15(18)13-9-10-14(13)16(19)20/h5-8,13-14H,2-4,9-10H2,1H3,(H,17,18)(H,19,20). The first kappa shape index (κ1) is 14.6. The Hall–Kier alpha value is -1.84. The fourth-order valence-electron chi connectivity index (χ4n) is 2.48. The first-order valence-electron chi connectivity index (χ1n) is 7.24. The molecule has 2 N–H and O–H groups in total. The van der Waals surface area contributed by atoms with Crippen molar-refractivity contribution in [1.29, 1.82) is 0 Å². The number of carboxylic acid groups (broad SMARTS) is 1. The van der Waals surface area contributed by atoms with E-state index in [2.05, 4.69) is 12.2 Å². The summed E-state index contributed by atoms with van der Waals surface area (Å²) < 4.78 is 0. The number of aliphatic carboxylic acids is 1. The third kappa shape index (κ3) is 3.38. The van der Waals surface area contributed by atoms with E-state index in [1.54, 1.807) is 0 Å². The maximum absolute atomic E-state index is 12.0. The molecule has 2 rings (SSSR count). The number of amides is 1.